The summed E-state index contributed by atoms with van der Waals surface area (Å²) in [4.78, 5) is 4.34. The molecule has 1 fully saturated rings. The van der Waals surface area contributed by atoms with Gasteiger partial charge in [-0.3, -0.25) is 0 Å². The van der Waals surface area contributed by atoms with Crippen molar-refractivity contribution in [1.82, 2.24) is 4.98 Å². The van der Waals surface area contributed by atoms with Gasteiger partial charge in [0.25, 0.3) is 0 Å². The molecule has 1 aliphatic carbocycles. The summed E-state index contributed by atoms with van der Waals surface area (Å²) in [5.74, 6) is 0.607. The number of nitrogens with one attached hydrogen (secondary N) is 1. The lowest BCUT2D eigenvalue weighted by Gasteiger charge is -1.97. The molecule has 0 radical (unpaired) electrons. The fraction of sp³-hybridized carbons (Fsp3) is 0.364. The van der Waals surface area contributed by atoms with E-state index in [9.17, 15) is 4.39 Å². The number of hydrogen-bond acceptors (Lipinski definition) is 3. The van der Waals surface area contributed by atoms with Crippen LogP contribution in [0, 0.1) is 11.7 Å². The fourth-order valence-electron chi connectivity index (χ4n) is 1.53. The van der Waals surface area contributed by atoms with Gasteiger partial charge >= 0.3 is 0 Å². The second-order valence-electron chi connectivity index (χ2n) is 3.96. The lowest BCUT2D eigenvalue weighted by molar-refractivity contribution is 0.629. The van der Waals surface area contributed by atoms with E-state index in [0.717, 1.165) is 27.8 Å². The minimum absolute atomic E-state index is 0.221. The second kappa shape index (κ2) is 3.45. The molecule has 1 saturated carbocycles. The average molecular weight is 222 g/mol. The summed E-state index contributed by atoms with van der Waals surface area (Å²) in [5, 5.41) is 4.21. The molecule has 0 unspecified atom stereocenters. The summed E-state index contributed by atoms with van der Waals surface area (Å²) in [7, 11) is 0. The first kappa shape index (κ1) is 9.09. The highest BCUT2D eigenvalue weighted by molar-refractivity contribution is 7.22. The predicted octanol–water partition coefficient (Wildman–Crippen LogP) is 3.26. The van der Waals surface area contributed by atoms with Gasteiger partial charge in [0.1, 0.15) is 5.82 Å². The largest absolute Gasteiger partial charge is 0.361 e. The molecule has 0 aliphatic heterocycles. The SMILES string of the molecule is Fc1ccc2sc(NCC3CC3)nc2c1. The van der Waals surface area contributed by atoms with Gasteiger partial charge in [-0.15, -0.1) is 0 Å². The zero-order valence-corrected chi connectivity index (χ0v) is 8.98. The first-order chi connectivity index (χ1) is 7.31. The van der Waals surface area contributed by atoms with Gasteiger partial charge in [0.2, 0.25) is 0 Å². The number of aromatic nitrogens is 1. The molecule has 1 aromatic carbocycles. The quantitative estimate of drug-likeness (QED) is 0.862. The summed E-state index contributed by atoms with van der Waals surface area (Å²) >= 11 is 1.59. The van der Waals surface area contributed by atoms with Crippen molar-refractivity contribution in [3.8, 4) is 0 Å². The maximum absolute atomic E-state index is 12.9. The van der Waals surface area contributed by atoms with Crippen molar-refractivity contribution in [2.75, 3.05) is 11.9 Å². The third-order valence-corrected chi connectivity index (χ3v) is 3.58. The molecule has 0 spiro atoms. The van der Waals surface area contributed by atoms with E-state index >= 15 is 0 Å². The van der Waals surface area contributed by atoms with Gasteiger partial charge in [0.05, 0.1) is 10.2 Å². The van der Waals surface area contributed by atoms with E-state index in [1.807, 2.05) is 0 Å². The Balaban J connectivity index is 1.84. The van der Waals surface area contributed by atoms with Crippen molar-refractivity contribution in [3.63, 3.8) is 0 Å². The number of anilines is 1. The van der Waals surface area contributed by atoms with E-state index < -0.39 is 0 Å². The van der Waals surface area contributed by atoms with Gasteiger partial charge in [-0.05, 0) is 30.9 Å². The molecular weight excluding hydrogens is 211 g/mol. The minimum Gasteiger partial charge on any atom is -0.361 e. The average Bonchev–Trinajstić information content (AvgIpc) is 2.95. The van der Waals surface area contributed by atoms with Crippen LogP contribution in [0.25, 0.3) is 10.2 Å². The van der Waals surface area contributed by atoms with E-state index in [1.165, 1.54) is 25.0 Å². The first-order valence-corrected chi connectivity index (χ1v) is 5.93. The van der Waals surface area contributed by atoms with Crippen molar-refractivity contribution >= 4 is 26.7 Å². The van der Waals surface area contributed by atoms with Crippen molar-refractivity contribution in [1.29, 1.82) is 0 Å². The predicted molar refractivity (Wildman–Crippen MR) is 60.8 cm³/mol. The first-order valence-electron chi connectivity index (χ1n) is 5.11. The zero-order chi connectivity index (χ0) is 10.3. The standard InChI is InChI=1S/C11H11FN2S/c12-8-3-4-10-9(5-8)14-11(15-10)13-6-7-1-2-7/h3-5,7H,1-2,6H2,(H,13,14). The number of nitrogens with zero attached hydrogens (tertiary/aromatic N) is 1. The van der Waals surface area contributed by atoms with E-state index in [1.54, 1.807) is 17.4 Å². The minimum atomic E-state index is -0.221. The highest BCUT2D eigenvalue weighted by Gasteiger charge is 2.21. The number of benzene rings is 1. The summed E-state index contributed by atoms with van der Waals surface area (Å²) in [6, 6.07) is 4.74. The lowest BCUT2D eigenvalue weighted by atomic mass is 10.3. The summed E-state index contributed by atoms with van der Waals surface area (Å²) in [6.07, 6.45) is 2.65. The topological polar surface area (TPSA) is 24.9 Å². The molecule has 0 bridgehead atoms. The Hall–Kier alpha value is -1.16. The van der Waals surface area contributed by atoms with Crippen LogP contribution < -0.4 is 5.32 Å². The third kappa shape index (κ3) is 1.95. The molecule has 1 N–H and O–H groups in total. The van der Waals surface area contributed by atoms with Crippen LogP contribution in [0.3, 0.4) is 0 Å². The summed E-state index contributed by atoms with van der Waals surface area (Å²) < 4.78 is 14.0. The third-order valence-electron chi connectivity index (χ3n) is 2.59. The lowest BCUT2D eigenvalue weighted by Crippen LogP contribution is -2.01. The van der Waals surface area contributed by atoms with Crippen LogP contribution in [-0.2, 0) is 0 Å². The number of halogens is 1. The highest BCUT2D eigenvalue weighted by Crippen LogP contribution is 2.31. The van der Waals surface area contributed by atoms with Gasteiger partial charge in [0.15, 0.2) is 5.13 Å². The Morgan fingerprint density at radius 3 is 3.13 bits per heavy atom. The Labute approximate surface area is 91.1 Å². The van der Waals surface area contributed by atoms with E-state index in [-0.39, 0.29) is 5.82 Å². The summed E-state index contributed by atoms with van der Waals surface area (Å²) in [6.45, 7) is 1.00. The fourth-order valence-corrected chi connectivity index (χ4v) is 2.38. The molecule has 1 aromatic heterocycles. The molecule has 2 aromatic rings. The molecule has 78 valence electrons. The van der Waals surface area contributed by atoms with E-state index in [0.29, 0.717) is 0 Å². The Kier molecular flexibility index (Phi) is 2.09. The van der Waals surface area contributed by atoms with Gasteiger partial charge in [-0.2, -0.15) is 0 Å². The molecule has 4 heteroatoms. The van der Waals surface area contributed by atoms with Gasteiger partial charge in [0, 0.05) is 12.6 Å². The van der Waals surface area contributed by atoms with Crippen LogP contribution in [0.4, 0.5) is 9.52 Å². The monoisotopic (exact) mass is 222 g/mol. The molecule has 0 saturated heterocycles. The van der Waals surface area contributed by atoms with Crippen molar-refractivity contribution in [3.05, 3.63) is 24.0 Å². The second-order valence-corrected chi connectivity index (χ2v) is 4.99. The highest BCUT2D eigenvalue weighted by atomic mass is 32.1. The Morgan fingerprint density at radius 2 is 2.33 bits per heavy atom. The van der Waals surface area contributed by atoms with Gasteiger partial charge in [-0.25, -0.2) is 9.37 Å². The number of hydrogen-bond donors (Lipinski definition) is 1. The van der Waals surface area contributed by atoms with E-state index in [4.69, 9.17) is 0 Å². The van der Waals surface area contributed by atoms with Crippen molar-refractivity contribution < 1.29 is 4.39 Å². The molecule has 15 heavy (non-hydrogen) atoms. The maximum Gasteiger partial charge on any atom is 0.183 e. The molecule has 1 heterocycles. The van der Waals surface area contributed by atoms with Crippen molar-refractivity contribution in [2.24, 2.45) is 5.92 Å². The van der Waals surface area contributed by atoms with Crippen LogP contribution >= 0.6 is 11.3 Å². The van der Waals surface area contributed by atoms with Crippen LogP contribution in [0.5, 0.6) is 0 Å². The zero-order valence-electron chi connectivity index (χ0n) is 8.16. The number of fused-ring (bicyclic) bond motifs is 1. The van der Waals surface area contributed by atoms with Gasteiger partial charge in [-0.1, -0.05) is 11.3 Å². The molecule has 2 nitrogen and oxygen atoms in total. The molecule has 1 aliphatic rings. The van der Waals surface area contributed by atoms with Crippen LogP contribution in [0.2, 0.25) is 0 Å². The normalized spacial score (nSPS) is 15.8. The van der Waals surface area contributed by atoms with Gasteiger partial charge < -0.3 is 5.32 Å². The Morgan fingerprint density at radius 1 is 1.47 bits per heavy atom. The smallest absolute Gasteiger partial charge is 0.183 e. The van der Waals surface area contributed by atoms with E-state index in [2.05, 4.69) is 10.3 Å². The molecule has 0 atom stereocenters. The van der Waals surface area contributed by atoms with Crippen molar-refractivity contribution in [2.45, 2.75) is 12.8 Å². The molecular formula is C11H11FN2S. The summed E-state index contributed by atoms with van der Waals surface area (Å²) in [5.41, 5.74) is 0.748. The molecule has 3 rings (SSSR count). The van der Waals surface area contributed by atoms with Crippen LogP contribution in [-0.4, -0.2) is 11.5 Å². The Bertz CT molecular complexity index is 490. The number of thiazole rings is 1. The van der Waals surface area contributed by atoms with Crippen LogP contribution in [0.1, 0.15) is 12.8 Å². The maximum atomic E-state index is 12.9. The molecule has 0 amide bonds. The number of rotatable bonds is 3. The van der Waals surface area contributed by atoms with Crippen LogP contribution in [0.15, 0.2) is 18.2 Å².